The molecule has 0 unspecified atom stereocenters. The maximum absolute atomic E-state index is 9.01. The van der Waals surface area contributed by atoms with E-state index in [1.807, 2.05) is 0 Å². The molecule has 0 saturated heterocycles. The van der Waals surface area contributed by atoms with Gasteiger partial charge < -0.3 is 10.2 Å². The van der Waals surface area contributed by atoms with Gasteiger partial charge in [0.05, 0.1) is 20.1 Å². The van der Waals surface area contributed by atoms with Crippen LogP contribution in [-0.4, -0.2) is 10.2 Å². The Morgan fingerprint density at radius 2 is 0.700 bits per heavy atom. The van der Waals surface area contributed by atoms with E-state index in [1.165, 1.54) is 24.3 Å². The zero-order valence-corrected chi connectivity index (χ0v) is 14.0. The first-order chi connectivity index (χ1) is 9.22. The summed E-state index contributed by atoms with van der Waals surface area (Å²) < 4.78 is 0. The molecule has 0 aliphatic rings. The number of phenolic OH excluding ortho intramolecular Hbond substituents is 2. The Bertz CT molecular complexity index is 528. The van der Waals surface area contributed by atoms with Crippen molar-refractivity contribution in [3.05, 3.63) is 54.4 Å². The van der Waals surface area contributed by atoms with Gasteiger partial charge in [-0.3, -0.25) is 0 Å². The minimum absolute atomic E-state index is 0.132. The van der Waals surface area contributed by atoms with Crippen LogP contribution in [0, 0.1) is 0 Å². The fourth-order valence-electron chi connectivity index (χ4n) is 1.07. The molecule has 20 heavy (non-hydrogen) atoms. The molecule has 0 saturated carbocycles. The van der Waals surface area contributed by atoms with Crippen molar-refractivity contribution in [1.82, 2.24) is 0 Å². The molecule has 2 aromatic carbocycles. The van der Waals surface area contributed by atoms with Crippen molar-refractivity contribution in [2.45, 2.75) is 0 Å². The Morgan fingerprint density at radius 3 is 0.900 bits per heavy atom. The van der Waals surface area contributed by atoms with Gasteiger partial charge in [-0.05, 0) is 24.3 Å². The molecule has 8 heteroatoms. The summed E-state index contributed by atoms with van der Waals surface area (Å²) in [5.74, 6) is -0.263. The standard InChI is InChI=1S/2C6H3Cl3O/c2*7-3-1-4(8)6(10)5(9)2-3/h2*1-2,10H. The minimum Gasteiger partial charge on any atom is -0.505 e. The van der Waals surface area contributed by atoms with Crippen molar-refractivity contribution in [1.29, 1.82) is 0 Å². The number of benzene rings is 2. The highest BCUT2D eigenvalue weighted by atomic mass is 35.5. The molecule has 0 heterocycles. The van der Waals surface area contributed by atoms with Crippen molar-refractivity contribution in [3.63, 3.8) is 0 Å². The number of hydrogen-bond acceptors (Lipinski definition) is 2. The Kier molecular flexibility index (Phi) is 6.86. The van der Waals surface area contributed by atoms with E-state index in [0.29, 0.717) is 10.0 Å². The quantitative estimate of drug-likeness (QED) is 0.521. The third-order valence-corrected chi connectivity index (χ3v) is 3.55. The second kappa shape index (κ2) is 7.69. The molecule has 2 nitrogen and oxygen atoms in total. The van der Waals surface area contributed by atoms with Crippen LogP contribution in [0.15, 0.2) is 24.3 Å². The second-order valence-electron chi connectivity index (χ2n) is 3.44. The van der Waals surface area contributed by atoms with Crippen LogP contribution in [0.1, 0.15) is 0 Å². The first-order valence-corrected chi connectivity index (χ1v) is 7.16. The topological polar surface area (TPSA) is 40.5 Å². The molecular weight excluding hydrogens is 389 g/mol. The highest BCUT2D eigenvalue weighted by Crippen LogP contribution is 2.34. The van der Waals surface area contributed by atoms with Crippen molar-refractivity contribution >= 4 is 69.6 Å². The van der Waals surface area contributed by atoms with Crippen LogP contribution in [0.5, 0.6) is 11.5 Å². The third kappa shape index (κ3) is 4.96. The number of phenols is 2. The summed E-state index contributed by atoms with van der Waals surface area (Å²) in [7, 11) is 0. The van der Waals surface area contributed by atoms with Crippen LogP contribution in [0.2, 0.25) is 30.1 Å². The molecule has 0 fully saturated rings. The van der Waals surface area contributed by atoms with Gasteiger partial charge in [-0.15, -0.1) is 0 Å². The van der Waals surface area contributed by atoms with Gasteiger partial charge in [-0.2, -0.15) is 0 Å². The molecule has 0 amide bonds. The van der Waals surface area contributed by atoms with Gasteiger partial charge in [0, 0.05) is 10.0 Å². The predicted molar refractivity (Wildman–Crippen MR) is 86.3 cm³/mol. The minimum atomic E-state index is -0.132. The molecule has 2 N–H and O–H groups in total. The van der Waals surface area contributed by atoms with Gasteiger partial charge in [0.1, 0.15) is 0 Å². The largest absolute Gasteiger partial charge is 0.505 e. The second-order valence-corrected chi connectivity index (χ2v) is 5.94. The molecule has 0 radical (unpaired) electrons. The summed E-state index contributed by atoms with van der Waals surface area (Å²) >= 11 is 33.1. The first kappa shape index (κ1) is 17.8. The summed E-state index contributed by atoms with van der Waals surface area (Å²) in [6.45, 7) is 0. The highest BCUT2D eigenvalue weighted by molar-refractivity contribution is 6.40. The molecular formula is C12H6Cl6O2. The lowest BCUT2D eigenvalue weighted by molar-refractivity contribution is 0.475. The number of halogens is 6. The van der Waals surface area contributed by atoms with E-state index in [1.54, 1.807) is 0 Å². The average molecular weight is 395 g/mol. The van der Waals surface area contributed by atoms with Gasteiger partial charge >= 0.3 is 0 Å². The van der Waals surface area contributed by atoms with Crippen molar-refractivity contribution in [2.24, 2.45) is 0 Å². The lowest BCUT2D eigenvalue weighted by Crippen LogP contribution is -1.70. The summed E-state index contributed by atoms with van der Waals surface area (Å²) in [5.41, 5.74) is 0. The third-order valence-electron chi connectivity index (χ3n) is 1.96. The van der Waals surface area contributed by atoms with Crippen LogP contribution in [-0.2, 0) is 0 Å². The predicted octanol–water partition coefficient (Wildman–Crippen LogP) is 6.70. The van der Waals surface area contributed by atoms with E-state index in [-0.39, 0.29) is 31.6 Å². The van der Waals surface area contributed by atoms with Crippen LogP contribution >= 0.6 is 69.6 Å². The van der Waals surface area contributed by atoms with Gasteiger partial charge in [0.15, 0.2) is 11.5 Å². The smallest absolute Gasteiger partial charge is 0.152 e. The van der Waals surface area contributed by atoms with E-state index < -0.39 is 0 Å². The molecule has 0 aliphatic carbocycles. The SMILES string of the molecule is Oc1c(Cl)cc(Cl)cc1Cl.Oc1c(Cl)cc(Cl)cc1Cl. The molecule has 0 bridgehead atoms. The Morgan fingerprint density at radius 1 is 0.500 bits per heavy atom. The fourth-order valence-corrected chi connectivity index (χ4v) is 2.70. The summed E-state index contributed by atoms with van der Waals surface area (Å²) in [6.07, 6.45) is 0. The van der Waals surface area contributed by atoms with E-state index in [2.05, 4.69) is 0 Å². The van der Waals surface area contributed by atoms with E-state index in [0.717, 1.165) is 0 Å². The highest BCUT2D eigenvalue weighted by Gasteiger charge is 2.04. The maximum Gasteiger partial charge on any atom is 0.152 e. The van der Waals surface area contributed by atoms with Crippen LogP contribution in [0.4, 0.5) is 0 Å². The zero-order valence-electron chi connectivity index (χ0n) is 9.47. The Balaban J connectivity index is 0.000000200. The van der Waals surface area contributed by atoms with E-state index >= 15 is 0 Å². The zero-order chi connectivity index (χ0) is 15.4. The fraction of sp³-hybridized carbons (Fsp3) is 0. The van der Waals surface area contributed by atoms with Crippen LogP contribution < -0.4 is 0 Å². The van der Waals surface area contributed by atoms with Crippen LogP contribution in [0.3, 0.4) is 0 Å². The average Bonchev–Trinajstić information content (AvgIpc) is 2.33. The maximum atomic E-state index is 9.01. The molecule has 2 aromatic rings. The van der Waals surface area contributed by atoms with E-state index in [9.17, 15) is 0 Å². The molecule has 0 aromatic heterocycles. The Labute approximate surface area is 145 Å². The number of aromatic hydroxyl groups is 2. The van der Waals surface area contributed by atoms with E-state index in [4.69, 9.17) is 79.8 Å². The molecule has 0 aliphatic heterocycles. The van der Waals surface area contributed by atoms with Crippen molar-refractivity contribution in [2.75, 3.05) is 0 Å². The molecule has 2 rings (SSSR count). The molecule has 108 valence electrons. The lowest BCUT2D eigenvalue weighted by Gasteiger charge is -1.98. The Hall–Kier alpha value is -0.220. The van der Waals surface area contributed by atoms with Crippen molar-refractivity contribution in [3.8, 4) is 11.5 Å². The normalized spacial score (nSPS) is 9.90. The summed E-state index contributed by atoms with van der Waals surface area (Å²) in [4.78, 5) is 0. The monoisotopic (exact) mass is 392 g/mol. The van der Waals surface area contributed by atoms with Gasteiger partial charge in [-0.1, -0.05) is 69.6 Å². The van der Waals surface area contributed by atoms with Gasteiger partial charge in [-0.25, -0.2) is 0 Å². The van der Waals surface area contributed by atoms with Gasteiger partial charge in [0.2, 0.25) is 0 Å². The lowest BCUT2D eigenvalue weighted by atomic mass is 10.3. The number of hydrogen-bond donors (Lipinski definition) is 2. The van der Waals surface area contributed by atoms with Crippen molar-refractivity contribution < 1.29 is 10.2 Å². The first-order valence-electron chi connectivity index (χ1n) is 4.89. The summed E-state index contributed by atoms with van der Waals surface area (Å²) in [6, 6.07) is 5.68. The molecule has 0 spiro atoms. The molecule has 0 atom stereocenters. The van der Waals surface area contributed by atoms with Gasteiger partial charge in [0.25, 0.3) is 0 Å². The summed E-state index contributed by atoms with van der Waals surface area (Å²) in [5, 5.41) is 19.5. The number of rotatable bonds is 0. The van der Waals surface area contributed by atoms with Crippen LogP contribution in [0.25, 0.3) is 0 Å².